The molecule has 0 aliphatic heterocycles. The predicted octanol–water partition coefficient (Wildman–Crippen LogP) is 5.03. The van der Waals surface area contributed by atoms with E-state index in [1.54, 1.807) is 19.1 Å². The zero-order chi connectivity index (χ0) is 20.5. The molecule has 1 N–H and O–H groups in total. The summed E-state index contributed by atoms with van der Waals surface area (Å²) in [5.41, 5.74) is 2.23. The minimum absolute atomic E-state index is 0.0994. The first-order valence-corrected chi connectivity index (χ1v) is 10.4. The van der Waals surface area contributed by atoms with E-state index in [1.807, 2.05) is 35.8 Å². The molecule has 148 valence electrons. The molecular weight excluding hydrogens is 410 g/mol. The molecule has 0 radical (unpaired) electrons. The Morgan fingerprint density at radius 1 is 1.21 bits per heavy atom. The zero-order valence-electron chi connectivity index (χ0n) is 15.8. The number of hydrogen-bond acceptors (Lipinski definition) is 6. The number of thioether (sulfide) groups is 1. The van der Waals surface area contributed by atoms with Gasteiger partial charge in [0.1, 0.15) is 11.3 Å². The summed E-state index contributed by atoms with van der Waals surface area (Å²) < 4.78 is 7.33. The van der Waals surface area contributed by atoms with Crippen LogP contribution in [0.3, 0.4) is 0 Å². The summed E-state index contributed by atoms with van der Waals surface area (Å²) >= 11 is 7.60. The molecule has 0 aliphatic carbocycles. The normalized spacial score (nSPS) is 11.3. The molecule has 2 heterocycles. The smallest absolute Gasteiger partial charge is 0.336 e. The molecular formula is C21H18ClN3O3S. The number of rotatable bonds is 5. The van der Waals surface area contributed by atoms with Crippen LogP contribution in [-0.4, -0.2) is 19.9 Å². The van der Waals surface area contributed by atoms with Crippen LogP contribution in [0.5, 0.6) is 5.75 Å². The second kappa shape index (κ2) is 7.93. The number of aromatic hydroxyl groups is 1. The number of phenols is 1. The lowest BCUT2D eigenvalue weighted by Gasteiger charge is -2.09. The first-order chi connectivity index (χ1) is 14.0. The maximum atomic E-state index is 12.0. The summed E-state index contributed by atoms with van der Waals surface area (Å²) in [4.78, 5) is 12.0. The molecule has 0 saturated carbocycles. The summed E-state index contributed by atoms with van der Waals surface area (Å²) in [5.74, 6) is 1.36. The number of fused-ring (bicyclic) bond motifs is 1. The van der Waals surface area contributed by atoms with Crippen molar-refractivity contribution in [1.82, 2.24) is 14.8 Å². The van der Waals surface area contributed by atoms with Crippen LogP contribution in [0.25, 0.3) is 22.4 Å². The van der Waals surface area contributed by atoms with Gasteiger partial charge in [-0.3, -0.25) is 0 Å². The fraction of sp³-hybridized carbons (Fsp3) is 0.190. The number of hydrogen-bond donors (Lipinski definition) is 1. The third-order valence-corrected chi connectivity index (χ3v) is 5.94. The van der Waals surface area contributed by atoms with E-state index in [0.29, 0.717) is 28.5 Å². The first-order valence-electron chi connectivity index (χ1n) is 9.05. The third kappa shape index (κ3) is 3.75. The fourth-order valence-corrected chi connectivity index (χ4v) is 4.38. The van der Waals surface area contributed by atoms with Gasteiger partial charge in [0.05, 0.1) is 0 Å². The Morgan fingerprint density at radius 3 is 2.79 bits per heavy atom. The van der Waals surface area contributed by atoms with Gasteiger partial charge >= 0.3 is 5.63 Å². The highest BCUT2D eigenvalue weighted by atomic mass is 35.5. The molecule has 2 aromatic heterocycles. The number of aryl methyl sites for hydroxylation is 1. The lowest BCUT2D eigenvalue weighted by atomic mass is 10.1. The standard InChI is InChI=1S/C21H18ClN3O3S/c1-3-25-20(13-5-4-6-15(22)9-13)23-24-21(25)29-11-14-10-18(27)28-19-12(2)17(26)8-7-16(14)19/h4-10,26H,3,11H2,1-2H3. The average Bonchev–Trinajstić information content (AvgIpc) is 3.12. The summed E-state index contributed by atoms with van der Waals surface area (Å²) in [6.07, 6.45) is 0. The van der Waals surface area contributed by atoms with Crippen LogP contribution in [0.15, 0.2) is 56.8 Å². The van der Waals surface area contributed by atoms with E-state index >= 15 is 0 Å². The second-order valence-corrected chi connectivity index (χ2v) is 7.91. The van der Waals surface area contributed by atoms with Gasteiger partial charge < -0.3 is 14.1 Å². The van der Waals surface area contributed by atoms with Gasteiger partial charge in [0, 0.05) is 39.9 Å². The van der Waals surface area contributed by atoms with Crippen LogP contribution < -0.4 is 5.63 Å². The minimum atomic E-state index is -0.446. The van der Waals surface area contributed by atoms with Crippen molar-refractivity contribution in [1.29, 1.82) is 0 Å². The maximum absolute atomic E-state index is 12.0. The van der Waals surface area contributed by atoms with E-state index in [-0.39, 0.29) is 5.75 Å². The van der Waals surface area contributed by atoms with E-state index in [9.17, 15) is 9.90 Å². The predicted molar refractivity (Wildman–Crippen MR) is 115 cm³/mol. The number of phenolic OH excluding ortho intramolecular Hbond substituents is 1. The molecule has 0 amide bonds. The van der Waals surface area contributed by atoms with Gasteiger partial charge in [-0.2, -0.15) is 0 Å². The SMILES string of the molecule is CCn1c(SCc2cc(=O)oc3c(C)c(O)ccc23)nnc1-c1cccc(Cl)c1. The zero-order valence-corrected chi connectivity index (χ0v) is 17.4. The van der Waals surface area contributed by atoms with Gasteiger partial charge in [-0.15, -0.1) is 10.2 Å². The molecule has 0 aliphatic rings. The molecule has 0 atom stereocenters. The molecule has 0 saturated heterocycles. The lowest BCUT2D eigenvalue weighted by molar-refractivity contribution is 0.468. The fourth-order valence-electron chi connectivity index (χ4n) is 3.20. The maximum Gasteiger partial charge on any atom is 0.336 e. The minimum Gasteiger partial charge on any atom is -0.508 e. The van der Waals surface area contributed by atoms with Crippen molar-refractivity contribution < 1.29 is 9.52 Å². The van der Waals surface area contributed by atoms with Gasteiger partial charge in [0.25, 0.3) is 0 Å². The van der Waals surface area contributed by atoms with Crippen molar-refractivity contribution in [2.45, 2.75) is 31.3 Å². The van der Waals surface area contributed by atoms with Crippen molar-refractivity contribution in [2.75, 3.05) is 0 Å². The molecule has 0 bridgehead atoms. The number of aromatic nitrogens is 3. The molecule has 4 aromatic rings. The van der Waals surface area contributed by atoms with Gasteiger partial charge in [-0.25, -0.2) is 4.79 Å². The van der Waals surface area contributed by atoms with Crippen LogP contribution in [0.2, 0.25) is 5.02 Å². The molecule has 29 heavy (non-hydrogen) atoms. The highest BCUT2D eigenvalue weighted by molar-refractivity contribution is 7.98. The van der Waals surface area contributed by atoms with Crippen LogP contribution in [-0.2, 0) is 12.3 Å². The van der Waals surface area contributed by atoms with Crippen LogP contribution in [0.1, 0.15) is 18.1 Å². The first kappa shape index (κ1) is 19.5. The molecule has 4 rings (SSSR count). The summed E-state index contributed by atoms with van der Waals surface area (Å²) in [6, 6.07) is 12.4. The Kier molecular flexibility index (Phi) is 5.34. The Morgan fingerprint density at radius 2 is 2.03 bits per heavy atom. The monoisotopic (exact) mass is 427 g/mol. The lowest BCUT2D eigenvalue weighted by Crippen LogP contribution is -2.02. The number of halogens is 1. The van der Waals surface area contributed by atoms with Gasteiger partial charge in [0.2, 0.25) is 0 Å². The molecule has 6 nitrogen and oxygen atoms in total. The third-order valence-electron chi connectivity index (χ3n) is 4.69. The highest BCUT2D eigenvalue weighted by Crippen LogP contribution is 2.32. The van der Waals surface area contributed by atoms with E-state index in [2.05, 4.69) is 10.2 Å². The summed E-state index contributed by atoms with van der Waals surface area (Å²) in [5, 5.41) is 20.8. The molecule has 0 fully saturated rings. The van der Waals surface area contributed by atoms with Crippen LogP contribution in [0, 0.1) is 6.92 Å². The van der Waals surface area contributed by atoms with Crippen molar-refractivity contribution in [3.8, 4) is 17.1 Å². The number of nitrogens with zero attached hydrogens (tertiary/aromatic N) is 3. The topological polar surface area (TPSA) is 81.2 Å². The Balaban J connectivity index is 1.68. The quantitative estimate of drug-likeness (QED) is 0.355. The number of benzene rings is 2. The van der Waals surface area contributed by atoms with Crippen molar-refractivity contribution >= 4 is 34.3 Å². The van der Waals surface area contributed by atoms with E-state index in [0.717, 1.165) is 27.5 Å². The highest BCUT2D eigenvalue weighted by Gasteiger charge is 2.16. The van der Waals surface area contributed by atoms with Crippen molar-refractivity contribution in [3.05, 3.63) is 69.0 Å². The van der Waals surface area contributed by atoms with Gasteiger partial charge in [0.15, 0.2) is 11.0 Å². The average molecular weight is 428 g/mol. The molecule has 2 aromatic carbocycles. The molecule has 0 spiro atoms. The summed E-state index contributed by atoms with van der Waals surface area (Å²) in [6.45, 7) is 4.45. The van der Waals surface area contributed by atoms with Crippen LogP contribution >= 0.6 is 23.4 Å². The second-order valence-electron chi connectivity index (χ2n) is 6.53. The summed E-state index contributed by atoms with van der Waals surface area (Å²) in [7, 11) is 0. The van der Waals surface area contributed by atoms with E-state index in [1.165, 1.54) is 17.8 Å². The Labute approximate surface area is 176 Å². The van der Waals surface area contributed by atoms with Crippen LogP contribution in [0.4, 0.5) is 0 Å². The largest absolute Gasteiger partial charge is 0.508 e. The Hall–Kier alpha value is -2.77. The van der Waals surface area contributed by atoms with E-state index in [4.69, 9.17) is 16.0 Å². The molecule has 0 unspecified atom stereocenters. The molecule has 8 heteroatoms. The van der Waals surface area contributed by atoms with Gasteiger partial charge in [-0.1, -0.05) is 35.5 Å². The van der Waals surface area contributed by atoms with Crippen molar-refractivity contribution in [2.24, 2.45) is 0 Å². The Bertz CT molecular complexity index is 1270. The van der Waals surface area contributed by atoms with E-state index < -0.39 is 5.63 Å². The van der Waals surface area contributed by atoms with Gasteiger partial charge in [-0.05, 0) is 43.7 Å². The van der Waals surface area contributed by atoms with Crippen molar-refractivity contribution in [3.63, 3.8) is 0 Å².